The van der Waals surface area contributed by atoms with Gasteiger partial charge >= 0.3 is 0 Å². The zero-order valence-electron chi connectivity index (χ0n) is 17.1. The minimum absolute atomic E-state index is 0.161. The Kier molecular flexibility index (Phi) is 5.31. The molecule has 0 spiro atoms. The van der Waals surface area contributed by atoms with E-state index in [1.165, 1.54) is 16.5 Å². The van der Waals surface area contributed by atoms with E-state index in [1.54, 1.807) is 6.07 Å². The number of aryl methyl sites for hydroxylation is 2. The summed E-state index contributed by atoms with van der Waals surface area (Å²) in [4.78, 5) is 13.1. The molecule has 1 aliphatic rings. The maximum Gasteiger partial charge on any atom is 0.184 e. The van der Waals surface area contributed by atoms with Gasteiger partial charge < -0.3 is 25.8 Å². The molecule has 1 saturated heterocycles. The monoisotopic (exact) mass is 437 g/mol. The highest BCUT2D eigenvalue weighted by molar-refractivity contribution is 5.83. The van der Waals surface area contributed by atoms with Crippen LogP contribution in [0.2, 0.25) is 0 Å². The second-order valence-corrected chi connectivity index (χ2v) is 7.69. The molecule has 11 nitrogen and oxygen atoms in total. The van der Waals surface area contributed by atoms with Gasteiger partial charge in [-0.2, -0.15) is 5.10 Å². The lowest BCUT2D eigenvalue weighted by Gasteiger charge is -2.16. The molecule has 0 aliphatic carbocycles. The lowest BCUT2D eigenvalue weighted by molar-refractivity contribution is -0.0511. The van der Waals surface area contributed by atoms with E-state index in [0.29, 0.717) is 29.2 Å². The standard InChI is InChI=1S/C21H23N7O4/c22-18-15-20(28(11-23-15)21-17(31)16(30)14(10-29)32-21)25-19(24-18)13-7-9-27(26-13)8-6-12-4-2-1-3-5-12/h1-5,7,9,11,14,16-17,21,29-31H,6,8,10H2,(H2,22,24,25)/t14-,16-,17-,21-/m1/s1. The summed E-state index contributed by atoms with van der Waals surface area (Å²) in [6, 6.07) is 11.9. The molecule has 5 rings (SSSR count). The summed E-state index contributed by atoms with van der Waals surface area (Å²) in [5.74, 6) is 0.469. The number of hydrogen-bond acceptors (Lipinski definition) is 9. The molecule has 5 N–H and O–H groups in total. The Bertz CT molecular complexity index is 1230. The summed E-state index contributed by atoms with van der Waals surface area (Å²) in [5, 5.41) is 34.4. The molecule has 166 valence electrons. The van der Waals surface area contributed by atoms with Crippen LogP contribution >= 0.6 is 0 Å². The average Bonchev–Trinajstić information content (AvgIpc) is 3.52. The van der Waals surface area contributed by atoms with E-state index >= 15 is 0 Å². The second-order valence-electron chi connectivity index (χ2n) is 7.69. The van der Waals surface area contributed by atoms with E-state index in [1.807, 2.05) is 29.1 Å². The van der Waals surface area contributed by atoms with Crippen molar-refractivity contribution in [2.75, 3.05) is 12.3 Å². The number of fused-ring (bicyclic) bond motifs is 1. The van der Waals surface area contributed by atoms with E-state index in [0.717, 1.165) is 6.42 Å². The van der Waals surface area contributed by atoms with Gasteiger partial charge in [0.2, 0.25) is 0 Å². The molecule has 0 unspecified atom stereocenters. The van der Waals surface area contributed by atoms with Gasteiger partial charge in [0.15, 0.2) is 23.5 Å². The molecule has 4 heterocycles. The van der Waals surface area contributed by atoms with Crippen molar-refractivity contribution in [3.05, 3.63) is 54.5 Å². The van der Waals surface area contributed by atoms with Crippen LogP contribution in [0.3, 0.4) is 0 Å². The van der Waals surface area contributed by atoms with E-state index in [4.69, 9.17) is 10.5 Å². The summed E-state index contributed by atoms with van der Waals surface area (Å²) in [5.41, 5.74) is 8.54. The van der Waals surface area contributed by atoms with E-state index in [9.17, 15) is 15.3 Å². The molecule has 11 heteroatoms. The normalized spacial score (nSPS) is 23.2. The molecule has 0 amide bonds. The fourth-order valence-electron chi connectivity index (χ4n) is 3.84. The van der Waals surface area contributed by atoms with Crippen molar-refractivity contribution in [1.82, 2.24) is 29.3 Å². The van der Waals surface area contributed by atoms with Gasteiger partial charge in [0.05, 0.1) is 12.9 Å². The lowest BCUT2D eigenvalue weighted by atomic mass is 10.1. The van der Waals surface area contributed by atoms with Crippen molar-refractivity contribution in [2.45, 2.75) is 37.5 Å². The van der Waals surface area contributed by atoms with Gasteiger partial charge in [-0.05, 0) is 18.1 Å². The zero-order valence-corrected chi connectivity index (χ0v) is 17.1. The first-order chi connectivity index (χ1) is 15.5. The lowest BCUT2D eigenvalue weighted by Crippen LogP contribution is -2.33. The number of aliphatic hydroxyl groups excluding tert-OH is 3. The van der Waals surface area contributed by atoms with Crippen LogP contribution in [0.4, 0.5) is 5.82 Å². The number of anilines is 1. The van der Waals surface area contributed by atoms with Gasteiger partial charge in [-0.1, -0.05) is 30.3 Å². The van der Waals surface area contributed by atoms with E-state index < -0.39 is 31.1 Å². The highest BCUT2D eigenvalue weighted by Crippen LogP contribution is 2.32. The number of nitrogens with zero attached hydrogens (tertiary/aromatic N) is 6. The first kappa shape index (κ1) is 20.5. The molecule has 1 aromatic carbocycles. The fourth-order valence-corrected chi connectivity index (χ4v) is 3.84. The third-order valence-corrected chi connectivity index (χ3v) is 5.58. The second kappa shape index (κ2) is 8.28. The molecular formula is C21H23N7O4. The maximum absolute atomic E-state index is 10.4. The highest BCUT2D eigenvalue weighted by Gasteiger charge is 2.44. The summed E-state index contributed by atoms with van der Waals surface area (Å²) < 4.78 is 8.90. The minimum Gasteiger partial charge on any atom is -0.394 e. The third-order valence-electron chi connectivity index (χ3n) is 5.58. The summed E-state index contributed by atoms with van der Waals surface area (Å²) >= 11 is 0. The molecule has 4 atom stereocenters. The van der Waals surface area contributed by atoms with Crippen molar-refractivity contribution in [3.8, 4) is 11.5 Å². The first-order valence-corrected chi connectivity index (χ1v) is 10.3. The Morgan fingerprint density at radius 3 is 2.62 bits per heavy atom. The summed E-state index contributed by atoms with van der Waals surface area (Å²) in [7, 11) is 0. The number of benzene rings is 1. The third kappa shape index (κ3) is 3.60. The van der Waals surface area contributed by atoms with Crippen molar-refractivity contribution in [2.24, 2.45) is 0 Å². The van der Waals surface area contributed by atoms with Crippen molar-refractivity contribution in [1.29, 1.82) is 0 Å². The van der Waals surface area contributed by atoms with Gasteiger partial charge in [0.25, 0.3) is 0 Å². The van der Waals surface area contributed by atoms with Crippen LogP contribution in [-0.4, -0.2) is 69.5 Å². The Hall–Kier alpha value is -3.38. The number of hydrogen-bond donors (Lipinski definition) is 4. The Balaban J connectivity index is 1.43. The Morgan fingerprint density at radius 2 is 1.88 bits per heavy atom. The smallest absolute Gasteiger partial charge is 0.184 e. The van der Waals surface area contributed by atoms with Crippen LogP contribution in [0, 0.1) is 0 Å². The van der Waals surface area contributed by atoms with Crippen LogP contribution in [-0.2, 0) is 17.7 Å². The zero-order chi connectivity index (χ0) is 22.2. The van der Waals surface area contributed by atoms with Crippen LogP contribution in [0.1, 0.15) is 11.8 Å². The first-order valence-electron chi connectivity index (χ1n) is 10.3. The van der Waals surface area contributed by atoms with Gasteiger partial charge in [-0.15, -0.1) is 0 Å². The van der Waals surface area contributed by atoms with Gasteiger partial charge in [0, 0.05) is 12.7 Å². The molecule has 32 heavy (non-hydrogen) atoms. The van der Waals surface area contributed by atoms with Crippen LogP contribution < -0.4 is 5.73 Å². The van der Waals surface area contributed by atoms with E-state index in [2.05, 4.69) is 32.2 Å². The molecule has 0 radical (unpaired) electrons. The SMILES string of the molecule is Nc1nc(-c2ccn(CCc3ccccc3)n2)nc2c1ncn2[C@@H]1O[C@H](CO)[C@@H](O)[C@H]1O. The van der Waals surface area contributed by atoms with Crippen LogP contribution in [0.15, 0.2) is 48.9 Å². The number of ether oxygens (including phenoxy) is 1. The number of aromatic nitrogens is 6. The number of nitrogens with two attached hydrogens (primary N) is 1. The summed E-state index contributed by atoms with van der Waals surface area (Å²) in [6.45, 7) is 0.270. The van der Waals surface area contributed by atoms with Gasteiger partial charge in [-0.3, -0.25) is 9.25 Å². The topological polar surface area (TPSA) is 157 Å². The molecule has 0 saturated carbocycles. The minimum atomic E-state index is -1.26. The summed E-state index contributed by atoms with van der Waals surface area (Å²) in [6.07, 6.45) is -0.280. The van der Waals surface area contributed by atoms with Crippen molar-refractivity contribution >= 4 is 17.0 Å². The van der Waals surface area contributed by atoms with Crippen molar-refractivity contribution in [3.63, 3.8) is 0 Å². The van der Waals surface area contributed by atoms with Crippen LogP contribution in [0.5, 0.6) is 0 Å². The maximum atomic E-state index is 10.4. The van der Waals surface area contributed by atoms with Crippen LogP contribution in [0.25, 0.3) is 22.7 Å². The quantitative estimate of drug-likeness (QED) is 0.329. The molecule has 3 aromatic heterocycles. The fraction of sp³-hybridized carbons (Fsp3) is 0.333. The van der Waals surface area contributed by atoms with Gasteiger partial charge in [0.1, 0.15) is 29.5 Å². The molecule has 1 aliphatic heterocycles. The van der Waals surface area contributed by atoms with E-state index in [-0.39, 0.29) is 5.82 Å². The highest BCUT2D eigenvalue weighted by atomic mass is 16.6. The van der Waals surface area contributed by atoms with Crippen molar-refractivity contribution < 1.29 is 20.1 Å². The van der Waals surface area contributed by atoms with Gasteiger partial charge in [-0.25, -0.2) is 15.0 Å². The molecule has 0 bridgehead atoms. The number of nitrogen functional groups attached to an aromatic ring is 1. The predicted molar refractivity (Wildman–Crippen MR) is 114 cm³/mol. The predicted octanol–water partition coefficient (Wildman–Crippen LogP) is 0.126. The Morgan fingerprint density at radius 1 is 1.06 bits per heavy atom. The number of aliphatic hydroxyl groups is 3. The number of imidazole rings is 1. The molecule has 1 fully saturated rings. The largest absolute Gasteiger partial charge is 0.394 e. The molecule has 4 aromatic rings. The average molecular weight is 437 g/mol. The molecular weight excluding hydrogens is 414 g/mol. The number of rotatable bonds is 6. The Labute approximate surface area is 182 Å².